The molecule has 0 fully saturated rings. The second-order valence-electron chi connectivity index (χ2n) is 8.44. The van der Waals surface area contributed by atoms with E-state index < -0.39 is 9.71 Å². The number of fused-ring (bicyclic) bond motifs is 2. The van der Waals surface area contributed by atoms with Crippen molar-refractivity contribution in [2.45, 2.75) is 17.7 Å². The Kier molecular flexibility index (Phi) is 6.77. The van der Waals surface area contributed by atoms with Gasteiger partial charge in [0.05, 0.1) is 20.4 Å². The standard InChI is InChI=1S/C27H32N4OS/c1-20(30-25-15-7-11-21-10-5-6-12-22(21)25)28-18-19-29-33(4,32)27-17-9-13-23-24(27)14-8-16-26(23)31(2)3/h6-9,11-17,28,30H,1,4-5,10,18-19H2,2-3H3,(H,29,32). The van der Waals surface area contributed by atoms with Gasteiger partial charge < -0.3 is 15.5 Å². The highest BCUT2D eigenvalue weighted by Gasteiger charge is 2.14. The molecule has 1 aliphatic rings. The summed E-state index contributed by atoms with van der Waals surface area (Å²) in [5.74, 6) is 4.74. The lowest BCUT2D eigenvalue weighted by Gasteiger charge is -2.20. The Bertz CT molecular complexity index is 1310. The van der Waals surface area contributed by atoms with E-state index in [0.29, 0.717) is 18.9 Å². The fourth-order valence-corrected chi connectivity index (χ4v) is 5.65. The van der Waals surface area contributed by atoms with Gasteiger partial charge in [0.25, 0.3) is 0 Å². The monoisotopic (exact) mass is 460 g/mol. The van der Waals surface area contributed by atoms with Gasteiger partial charge in [-0.3, -0.25) is 0 Å². The molecule has 0 aliphatic heterocycles. The summed E-state index contributed by atoms with van der Waals surface area (Å²) >= 11 is 0. The third kappa shape index (κ3) is 5.07. The largest absolute Gasteiger partial charge is 0.377 e. The molecule has 3 aromatic carbocycles. The van der Waals surface area contributed by atoms with Gasteiger partial charge in [-0.05, 0) is 42.5 Å². The van der Waals surface area contributed by atoms with Crippen LogP contribution in [-0.2, 0) is 16.1 Å². The van der Waals surface area contributed by atoms with Gasteiger partial charge in [-0.2, -0.15) is 0 Å². The van der Waals surface area contributed by atoms with Crippen molar-refractivity contribution in [1.82, 2.24) is 10.0 Å². The van der Waals surface area contributed by atoms with Gasteiger partial charge in [0.15, 0.2) is 0 Å². The molecule has 0 heterocycles. The Labute approximate surface area is 197 Å². The predicted octanol–water partition coefficient (Wildman–Crippen LogP) is 4.62. The molecule has 4 rings (SSSR count). The van der Waals surface area contributed by atoms with Crippen LogP contribution in [0.4, 0.5) is 11.4 Å². The van der Waals surface area contributed by atoms with Crippen molar-refractivity contribution < 1.29 is 4.21 Å². The molecule has 1 atom stereocenters. The van der Waals surface area contributed by atoms with Crippen molar-refractivity contribution in [3.05, 3.63) is 84.2 Å². The molecule has 33 heavy (non-hydrogen) atoms. The molecule has 0 aromatic heterocycles. The van der Waals surface area contributed by atoms with Gasteiger partial charge in [-0.25, -0.2) is 8.93 Å². The lowest BCUT2D eigenvalue weighted by atomic mass is 9.96. The molecule has 1 aliphatic carbocycles. The predicted molar refractivity (Wildman–Crippen MR) is 144 cm³/mol. The maximum absolute atomic E-state index is 13.5. The van der Waals surface area contributed by atoms with Crippen molar-refractivity contribution in [2.75, 3.05) is 37.4 Å². The average molecular weight is 461 g/mol. The number of aryl methyl sites for hydroxylation is 1. The van der Waals surface area contributed by atoms with Crippen molar-refractivity contribution >= 4 is 43.8 Å². The summed E-state index contributed by atoms with van der Waals surface area (Å²) in [5.41, 5.74) is 4.70. The van der Waals surface area contributed by atoms with Crippen molar-refractivity contribution in [3.63, 3.8) is 0 Å². The second kappa shape index (κ2) is 9.73. The van der Waals surface area contributed by atoms with Crippen LogP contribution in [0.15, 0.2) is 78.0 Å². The van der Waals surface area contributed by atoms with Gasteiger partial charge in [0.1, 0.15) is 0 Å². The van der Waals surface area contributed by atoms with Crippen LogP contribution in [0.1, 0.15) is 17.5 Å². The maximum atomic E-state index is 13.5. The van der Waals surface area contributed by atoms with Crippen LogP contribution >= 0.6 is 0 Å². The van der Waals surface area contributed by atoms with Crippen LogP contribution in [0.3, 0.4) is 0 Å². The number of rotatable bonds is 9. The highest BCUT2D eigenvalue weighted by molar-refractivity contribution is 7.98. The van der Waals surface area contributed by atoms with Crippen molar-refractivity contribution in [3.8, 4) is 0 Å². The molecule has 3 aromatic rings. The lowest BCUT2D eigenvalue weighted by Crippen LogP contribution is -2.32. The molecule has 0 saturated carbocycles. The summed E-state index contributed by atoms with van der Waals surface area (Å²) in [4.78, 5) is 2.79. The number of hydrogen-bond donors (Lipinski definition) is 3. The highest BCUT2D eigenvalue weighted by Crippen LogP contribution is 2.30. The zero-order valence-electron chi connectivity index (χ0n) is 19.4. The molecule has 0 amide bonds. The van der Waals surface area contributed by atoms with E-state index in [0.717, 1.165) is 39.9 Å². The van der Waals surface area contributed by atoms with Crippen LogP contribution in [0.5, 0.6) is 0 Å². The SMILES string of the molecule is C=C(NCCNS(=C)(=O)c1cccc2c(N(C)C)cccc12)Nc1cccc2c1C=CCC2. The fourth-order valence-electron chi connectivity index (χ4n) is 4.23. The molecule has 1 unspecified atom stereocenters. The molecule has 3 N–H and O–H groups in total. The second-order valence-corrected chi connectivity index (χ2v) is 10.5. The Morgan fingerprint density at radius 1 is 1.03 bits per heavy atom. The molecule has 6 heteroatoms. The Morgan fingerprint density at radius 2 is 1.79 bits per heavy atom. The number of hydrogen-bond acceptors (Lipinski definition) is 4. The number of allylic oxidation sites excluding steroid dienone is 1. The third-order valence-corrected chi connectivity index (χ3v) is 7.58. The summed E-state index contributed by atoms with van der Waals surface area (Å²) in [7, 11) is 1.35. The van der Waals surface area contributed by atoms with E-state index in [4.69, 9.17) is 0 Å². The number of nitrogens with zero attached hydrogens (tertiary/aromatic N) is 1. The van der Waals surface area contributed by atoms with Gasteiger partial charge in [0, 0.05) is 54.9 Å². The molecule has 0 bridgehead atoms. The minimum atomic E-state index is -2.67. The van der Waals surface area contributed by atoms with Gasteiger partial charge in [-0.1, -0.05) is 55.1 Å². The minimum Gasteiger partial charge on any atom is -0.377 e. The van der Waals surface area contributed by atoms with Crippen LogP contribution in [0, 0.1) is 0 Å². The van der Waals surface area contributed by atoms with Crippen molar-refractivity contribution in [2.24, 2.45) is 0 Å². The summed E-state index contributed by atoms with van der Waals surface area (Å²) in [6.07, 6.45) is 6.51. The first-order valence-corrected chi connectivity index (χ1v) is 12.9. The first-order chi connectivity index (χ1) is 15.9. The normalized spacial score (nSPS) is 14.4. The average Bonchev–Trinajstić information content (AvgIpc) is 2.81. The lowest BCUT2D eigenvalue weighted by molar-refractivity contribution is 0.665. The van der Waals surface area contributed by atoms with Crippen molar-refractivity contribution in [1.29, 1.82) is 0 Å². The molecule has 0 spiro atoms. The quantitative estimate of drug-likeness (QED) is 0.322. The topological polar surface area (TPSA) is 56.4 Å². The zero-order valence-corrected chi connectivity index (χ0v) is 20.2. The maximum Gasteiger partial charge on any atom is 0.0957 e. The van der Waals surface area contributed by atoms with E-state index in [1.807, 2.05) is 38.4 Å². The molecule has 5 nitrogen and oxygen atoms in total. The van der Waals surface area contributed by atoms with Gasteiger partial charge in [-0.15, -0.1) is 0 Å². The fraction of sp³-hybridized carbons (Fsp3) is 0.222. The number of nitrogens with one attached hydrogen (secondary N) is 3. The van der Waals surface area contributed by atoms with Crippen LogP contribution in [0.2, 0.25) is 0 Å². The van der Waals surface area contributed by atoms with E-state index in [9.17, 15) is 4.21 Å². The summed E-state index contributed by atoms with van der Waals surface area (Å²) in [6, 6.07) is 18.2. The summed E-state index contributed by atoms with van der Waals surface area (Å²) < 4.78 is 16.6. The first-order valence-electron chi connectivity index (χ1n) is 11.2. The van der Waals surface area contributed by atoms with E-state index in [-0.39, 0.29) is 0 Å². The smallest absolute Gasteiger partial charge is 0.0957 e. The number of anilines is 2. The molecular formula is C27H32N4OS. The third-order valence-electron chi connectivity index (χ3n) is 5.84. The van der Waals surface area contributed by atoms with Crippen LogP contribution in [0.25, 0.3) is 16.8 Å². The van der Waals surface area contributed by atoms with E-state index in [2.05, 4.69) is 75.2 Å². The zero-order chi connectivity index (χ0) is 23.4. The molecule has 172 valence electrons. The van der Waals surface area contributed by atoms with Crippen LogP contribution < -0.4 is 20.3 Å². The highest BCUT2D eigenvalue weighted by atomic mass is 32.2. The van der Waals surface area contributed by atoms with Crippen LogP contribution in [-0.4, -0.2) is 37.3 Å². The van der Waals surface area contributed by atoms with Gasteiger partial charge in [0.2, 0.25) is 0 Å². The minimum absolute atomic E-state index is 0.486. The molecule has 0 radical (unpaired) electrons. The van der Waals surface area contributed by atoms with E-state index in [1.165, 1.54) is 11.1 Å². The van der Waals surface area contributed by atoms with E-state index in [1.54, 1.807) is 0 Å². The molecule has 0 saturated heterocycles. The first kappa shape index (κ1) is 23.0. The summed E-state index contributed by atoms with van der Waals surface area (Å²) in [6.45, 7) is 5.14. The number of benzene rings is 3. The van der Waals surface area contributed by atoms with E-state index >= 15 is 0 Å². The molecular weight excluding hydrogens is 428 g/mol. The Morgan fingerprint density at radius 3 is 2.61 bits per heavy atom. The Hall–Kier alpha value is -3.22. The Balaban J connectivity index is 1.38. The van der Waals surface area contributed by atoms with Gasteiger partial charge >= 0.3 is 0 Å². The summed E-state index contributed by atoms with van der Waals surface area (Å²) in [5, 5.41) is 8.65.